The predicted molar refractivity (Wildman–Crippen MR) is 86.8 cm³/mol. The third-order valence-corrected chi connectivity index (χ3v) is 3.91. The van der Waals surface area contributed by atoms with Crippen molar-refractivity contribution in [3.63, 3.8) is 0 Å². The summed E-state index contributed by atoms with van der Waals surface area (Å²) in [6.07, 6.45) is 2.62. The molecule has 3 heteroatoms. The Morgan fingerprint density at radius 2 is 1.60 bits per heavy atom. The summed E-state index contributed by atoms with van der Waals surface area (Å²) in [6.45, 7) is 4.38. The van der Waals surface area contributed by atoms with Crippen LogP contribution in [0.4, 0.5) is 22.7 Å². The van der Waals surface area contributed by atoms with Gasteiger partial charge < -0.3 is 16.0 Å². The van der Waals surface area contributed by atoms with Crippen molar-refractivity contribution >= 4 is 22.7 Å². The smallest absolute Gasteiger partial charge is 0.0405 e. The summed E-state index contributed by atoms with van der Waals surface area (Å²) in [6, 6.07) is 14.7. The summed E-state index contributed by atoms with van der Waals surface area (Å²) in [7, 11) is 0. The Balaban J connectivity index is 1.72. The fourth-order valence-corrected chi connectivity index (χ4v) is 2.62. The largest absolute Gasteiger partial charge is 0.398 e. The van der Waals surface area contributed by atoms with Gasteiger partial charge in [-0.05, 0) is 61.7 Å². The molecule has 1 heterocycles. The minimum Gasteiger partial charge on any atom is -0.398 e. The van der Waals surface area contributed by atoms with E-state index in [1.54, 1.807) is 0 Å². The molecule has 0 radical (unpaired) electrons. The maximum Gasteiger partial charge on any atom is 0.0405 e. The van der Waals surface area contributed by atoms with Gasteiger partial charge in [0.15, 0.2) is 0 Å². The van der Waals surface area contributed by atoms with Crippen LogP contribution in [0.1, 0.15) is 18.4 Å². The lowest BCUT2D eigenvalue weighted by Gasteiger charge is -2.18. The molecule has 0 unspecified atom stereocenters. The average Bonchev–Trinajstić information content (AvgIpc) is 2.98. The van der Waals surface area contributed by atoms with Crippen molar-refractivity contribution in [1.82, 2.24) is 0 Å². The fraction of sp³-hybridized carbons (Fsp3) is 0.294. The fourth-order valence-electron chi connectivity index (χ4n) is 2.62. The van der Waals surface area contributed by atoms with Gasteiger partial charge in [-0.2, -0.15) is 0 Å². The Kier molecular flexibility index (Phi) is 3.50. The van der Waals surface area contributed by atoms with Crippen LogP contribution in [0.3, 0.4) is 0 Å². The standard InChI is InChI=1S/C17H21N3/c1-13-4-5-15(12-17(13)18)19-14-6-8-16(9-7-14)20-10-2-3-11-20/h4-9,12,19H,2-3,10-11,18H2,1H3. The predicted octanol–water partition coefficient (Wildman–Crippen LogP) is 3.92. The van der Waals surface area contributed by atoms with E-state index in [-0.39, 0.29) is 0 Å². The number of benzene rings is 2. The highest BCUT2D eigenvalue weighted by atomic mass is 15.1. The minimum absolute atomic E-state index is 0.823. The molecule has 2 aromatic rings. The van der Waals surface area contributed by atoms with Crippen molar-refractivity contribution in [1.29, 1.82) is 0 Å². The molecular weight excluding hydrogens is 246 g/mol. The Labute approximate surface area is 120 Å². The van der Waals surface area contributed by atoms with Crippen molar-refractivity contribution in [3.05, 3.63) is 48.0 Å². The zero-order valence-corrected chi connectivity index (χ0v) is 11.9. The highest BCUT2D eigenvalue weighted by Gasteiger charge is 2.11. The average molecular weight is 267 g/mol. The van der Waals surface area contributed by atoms with Crippen LogP contribution in [0.25, 0.3) is 0 Å². The zero-order chi connectivity index (χ0) is 13.9. The van der Waals surface area contributed by atoms with E-state index in [0.717, 1.165) is 22.6 Å². The molecule has 1 fully saturated rings. The molecule has 1 saturated heterocycles. The Hall–Kier alpha value is -2.16. The first-order valence-corrected chi connectivity index (χ1v) is 7.20. The molecule has 1 aliphatic heterocycles. The Morgan fingerprint density at radius 3 is 2.25 bits per heavy atom. The molecule has 0 atom stereocenters. The van der Waals surface area contributed by atoms with E-state index >= 15 is 0 Å². The number of nitrogens with zero attached hydrogens (tertiary/aromatic N) is 1. The monoisotopic (exact) mass is 267 g/mol. The first-order valence-electron chi connectivity index (χ1n) is 7.20. The molecular formula is C17H21N3. The highest BCUT2D eigenvalue weighted by Crippen LogP contribution is 2.25. The molecule has 0 aliphatic carbocycles. The van der Waals surface area contributed by atoms with E-state index < -0.39 is 0 Å². The zero-order valence-electron chi connectivity index (χ0n) is 11.9. The lowest BCUT2D eigenvalue weighted by molar-refractivity contribution is 0.949. The summed E-state index contributed by atoms with van der Waals surface area (Å²) in [5, 5.41) is 3.39. The van der Waals surface area contributed by atoms with Crippen LogP contribution in [0.2, 0.25) is 0 Å². The van der Waals surface area contributed by atoms with Crippen LogP contribution < -0.4 is 16.0 Å². The molecule has 2 aromatic carbocycles. The quantitative estimate of drug-likeness (QED) is 0.828. The first-order chi connectivity index (χ1) is 9.72. The van der Waals surface area contributed by atoms with Crippen LogP contribution in [0.15, 0.2) is 42.5 Å². The van der Waals surface area contributed by atoms with Crippen LogP contribution >= 0.6 is 0 Å². The third kappa shape index (κ3) is 2.72. The number of hydrogen-bond donors (Lipinski definition) is 2. The second-order valence-electron chi connectivity index (χ2n) is 5.44. The van der Waals surface area contributed by atoms with E-state index in [2.05, 4.69) is 40.5 Å². The van der Waals surface area contributed by atoms with E-state index in [1.165, 1.54) is 31.6 Å². The van der Waals surface area contributed by atoms with Gasteiger partial charge >= 0.3 is 0 Å². The number of aryl methyl sites for hydroxylation is 1. The number of anilines is 4. The van der Waals surface area contributed by atoms with Gasteiger partial charge in [-0.25, -0.2) is 0 Å². The second-order valence-corrected chi connectivity index (χ2v) is 5.44. The van der Waals surface area contributed by atoms with Gasteiger partial charge in [0.2, 0.25) is 0 Å². The molecule has 3 N–H and O–H groups in total. The topological polar surface area (TPSA) is 41.3 Å². The van der Waals surface area contributed by atoms with Crippen molar-refractivity contribution in [2.24, 2.45) is 0 Å². The van der Waals surface area contributed by atoms with Crippen LogP contribution in [-0.2, 0) is 0 Å². The van der Waals surface area contributed by atoms with Crippen LogP contribution in [0.5, 0.6) is 0 Å². The van der Waals surface area contributed by atoms with Gasteiger partial charge in [0, 0.05) is 35.8 Å². The number of hydrogen-bond acceptors (Lipinski definition) is 3. The van der Waals surface area contributed by atoms with Gasteiger partial charge in [-0.3, -0.25) is 0 Å². The lowest BCUT2D eigenvalue weighted by atomic mass is 10.2. The SMILES string of the molecule is Cc1ccc(Nc2ccc(N3CCCC3)cc2)cc1N. The van der Waals surface area contributed by atoms with Crippen molar-refractivity contribution in [3.8, 4) is 0 Å². The number of nitrogens with one attached hydrogen (secondary N) is 1. The summed E-state index contributed by atoms with van der Waals surface area (Å²) in [5.74, 6) is 0. The van der Waals surface area contributed by atoms with Gasteiger partial charge in [-0.1, -0.05) is 6.07 Å². The maximum absolute atomic E-state index is 5.93. The normalized spacial score (nSPS) is 14.6. The number of rotatable bonds is 3. The molecule has 0 bridgehead atoms. The molecule has 104 valence electrons. The van der Waals surface area contributed by atoms with E-state index in [9.17, 15) is 0 Å². The molecule has 0 amide bonds. The van der Waals surface area contributed by atoms with Crippen molar-refractivity contribution in [2.45, 2.75) is 19.8 Å². The van der Waals surface area contributed by atoms with E-state index in [4.69, 9.17) is 5.73 Å². The molecule has 0 aromatic heterocycles. The Bertz CT molecular complexity index is 584. The molecule has 3 nitrogen and oxygen atoms in total. The molecule has 0 saturated carbocycles. The second kappa shape index (κ2) is 5.45. The molecule has 1 aliphatic rings. The summed E-state index contributed by atoms with van der Waals surface area (Å²) < 4.78 is 0. The van der Waals surface area contributed by atoms with Gasteiger partial charge in [-0.15, -0.1) is 0 Å². The van der Waals surface area contributed by atoms with Gasteiger partial charge in [0.1, 0.15) is 0 Å². The van der Waals surface area contributed by atoms with Gasteiger partial charge in [0.05, 0.1) is 0 Å². The number of nitrogens with two attached hydrogens (primary N) is 1. The van der Waals surface area contributed by atoms with Gasteiger partial charge in [0.25, 0.3) is 0 Å². The maximum atomic E-state index is 5.93. The minimum atomic E-state index is 0.823. The molecule has 0 spiro atoms. The van der Waals surface area contributed by atoms with Crippen LogP contribution in [0, 0.1) is 6.92 Å². The summed E-state index contributed by atoms with van der Waals surface area (Å²) >= 11 is 0. The summed E-state index contributed by atoms with van der Waals surface area (Å²) in [4.78, 5) is 2.44. The Morgan fingerprint density at radius 1 is 0.950 bits per heavy atom. The first kappa shape index (κ1) is 12.9. The summed E-state index contributed by atoms with van der Waals surface area (Å²) in [5.41, 5.74) is 11.3. The van der Waals surface area contributed by atoms with Crippen LogP contribution in [-0.4, -0.2) is 13.1 Å². The molecule has 20 heavy (non-hydrogen) atoms. The van der Waals surface area contributed by atoms with E-state index in [0.29, 0.717) is 0 Å². The van der Waals surface area contributed by atoms with E-state index in [1.807, 2.05) is 19.1 Å². The number of nitrogen functional groups attached to an aromatic ring is 1. The lowest BCUT2D eigenvalue weighted by Crippen LogP contribution is -2.17. The highest BCUT2D eigenvalue weighted by molar-refractivity contribution is 5.67. The third-order valence-electron chi connectivity index (χ3n) is 3.91. The van der Waals surface area contributed by atoms with Crippen molar-refractivity contribution in [2.75, 3.05) is 29.0 Å². The molecule has 3 rings (SSSR count). The van der Waals surface area contributed by atoms with Crippen molar-refractivity contribution < 1.29 is 0 Å².